The Hall–Kier alpha value is -2.78. The van der Waals surface area contributed by atoms with Crippen molar-refractivity contribution in [1.29, 1.82) is 0 Å². The van der Waals surface area contributed by atoms with Crippen LogP contribution in [0.3, 0.4) is 0 Å². The van der Waals surface area contributed by atoms with Gasteiger partial charge < -0.3 is 19.9 Å². The van der Waals surface area contributed by atoms with Crippen LogP contribution in [0.15, 0.2) is 24.3 Å². The number of hydrogen-bond donors (Lipinski definition) is 1. The lowest BCUT2D eigenvalue weighted by Crippen LogP contribution is -2.69. The van der Waals surface area contributed by atoms with Gasteiger partial charge in [0.1, 0.15) is 17.8 Å². The molecule has 2 heterocycles. The fraction of sp³-hybridized carbons (Fsp3) is 0.438. The first-order chi connectivity index (χ1) is 12.2. The van der Waals surface area contributed by atoms with Crippen LogP contribution in [0.4, 0.5) is 13.2 Å². The largest absolute Gasteiger partial charge is 0.573 e. The molecule has 10 heteroatoms. The van der Waals surface area contributed by atoms with Crippen molar-refractivity contribution in [3.05, 3.63) is 29.8 Å². The Bertz CT molecular complexity index is 735. The Morgan fingerprint density at radius 3 is 2.46 bits per heavy atom. The molecule has 7 nitrogen and oxygen atoms in total. The number of halogens is 3. The van der Waals surface area contributed by atoms with Crippen molar-refractivity contribution >= 4 is 17.7 Å². The predicted octanol–water partition coefficient (Wildman–Crippen LogP) is 0.756. The van der Waals surface area contributed by atoms with E-state index in [0.717, 1.165) is 12.1 Å². The van der Waals surface area contributed by atoms with Crippen molar-refractivity contribution < 1.29 is 32.3 Å². The molecular formula is C16H16F3N3O4. The smallest absolute Gasteiger partial charge is 0.406 e. The fourth-order valence-corrected chi connectivity index (χ4v) is 3.06. The average molecular weight is 371 g/mol. The number of benzene rings is 1. The van der Waals surface area contributed by atoms with Gasteiger partial charge in [-0.3, -0.25) is 14.4 Å². The lowest BCUT2D eigenvalue weighted by atomic mass is 10.0. The van der Waals surface area contributed by atoms with Crippen LogP contribution in [0.2, 0.25) is 0 Å². The second kappa shape index (κ2) is 6.50. The number of carbonyl (C=O) groups excluding carboxylic acids is 3. The second-order valence-corrected chi connectivity index (χ2v) is 6.10. The first-order valence-electron chi connectivity index (χ1n) is 7.91. The van der Waals surface area contributed by atoms with Crippen LogP contribution in [0.1, 0.15) is 17.3 Å². The molecule has 0 aromatic heterocycles. The number of rotatable bonds is 2. The average Bonchev–Trinajstić information content (AvgIpc) is 2.58. The van der Waals surface area contributed by atoms with Gasteiger partial charge in [-0.25, -0.2) is 0 Å². The molecule has 1 aromatic rings. The molecule has 3 amide bonds. The Labute approximate surface area is 146 Å². The predicted molar refractivity (Wildman–Crippen MR) is 82.1 cm³/mol. The molecule has 2 aliphatic rings. The Morgan fingerprint density at radius 2 is 1.85 bits per heavy atom. The van der Waals surface area contributed by atoms with Crippen LogP contribution in [0.25, 0.3) is 0 Å². The first-order valence-corrected chi connectivity index (χ1v) is 7.91. The normalized spacial score (nSPS) is 23.4. The number of ether oxygens (including phenoxy) is 1. The number of carbonyl (C=O) groups is 3. The molecule has 0 spiro atoms. The zero-order chi connectivity index (χ0) is 19.1. The van der Waals surface area contributed by atoms with Gasteiger partial charge in [-0.05, 0) is 31.2 Å². The standard InChI is InChI=1S/C16H16F3N3O4/c1-9-14(24)22-7-6-21(8-12(22)13(23)20-9)15(25)10-2-4-11(5-3-10)26-16(17,18)19/h2-5,9,12H,6-8H2,1H3,(H,20,23)/t9-,12-/m1/s1. The molecule has 2 atom stereocenters. The molecule has 1 aromatic carbocycles. The van der Waals surface area contributed by atoms with E-state index in [0.29, 0.717) is 0 Å². The molecule has 140 valence electrons. The zero-order valence-corrected chi connectivity index (χ0v) is 13.7. The summed E-state index contributed by atoms with van der Waals surface area (Å²) in [6.07, 6.45) is -4.81. The maximum Gasteiger partial charge on any atom is 0.573 e. The lowest BCUT2D eigenvalue weighted by molar-refractivity contribution is -0.274. The van der Waals surface area contributed by atoms with Gasteiger partial charge in [0.15, 0.2) is 0 Å². The van der Waals surface area contributed by atoms with E-state index < -0.39 is 30.1 Å². The van der Waals surface area contributed by atoms with Crippen LogP contribution < -0.4 is 10.1 Å². The van der Waals surface area contributed by atoms with Gasteiger partial charge in [0.25, 0.3) is 5.91 Å². The quantitative estimate of drug-likeness (QED) is 0.833. The van der Waals surface area contributed by atoms with Crippen molar-refractivity contribution in [3.63, 3.8) is 0 Å². The molecule has 0 saturated carbocycles. The van der Waals surface area contributed by atoms with Crippen molar-refractivity contribution in [2.45, 2.75) is 25.4 Å². The number of nitrogens with zero attached hydrogens (tertiary/aromatic N) is 2. The summed E-state index contributed by atoms with van der Waals surface area (Å²) in [6.45, 7) is 2.09. The van der Waals surface area contributed by atoms with E-state index in [2.05, 4.69) is 10.1 Å². The molecule has 0 unspecified atom stereocenters. The van der Waals surface area contributed by atoms with Gasteiger partial charge in [0.05, 0.1) is 6.54 Å². The third-order valence-electron chi connectivity index (χ3n) is 4.32. The Morgan fingerprint density at radius 1 is 1.19 bits per heavy atom. The number of fused-ring (bicyclic) bond motifs is 1. The second-order valence-electron chi connectivity index (χ2n) is 6.10. The topological polar surface area (TPSA) is 79.0 Å². The molecule has 2 fully saturated rings. The highest BCUT2D eigenvalue weighted by Gasteiger charge is 2.42. The maximum atomic E-state index is 12.6. The number of piperazine rings is 2. The summed E-state index contributed by atoms with van der Waals surface area (Å²) in [5.41, 5.74) is 0.170. The van der Waals surface area contributed by atoms with E-state index in [1.165, 1.54) is 21.9 Å². The fourth-order valence-electron chi connectivity index (χ4n) is 3.06. The van der Waals surface area contributed by atoms with E-state index >= 15 is 0 Å². The third kappa shape index (κ3) is 3.58. The molecular weight excluding hydrogens is 355 g/mol. The van der Waals surface area contributed by atoms with Crippen molar-refractivity contribution in [2.24, 2.45) is 0 Å². The number of nitrogens with one attached hydrogen (secondary N) is 1. The summed E-state index contributed by atoms with van der Waals surface area (Å²) in [7, 11) is 0. The summed E-state index contributed by atoms with van der Waals surface area (Å²) in [4.78, 5) is 39.6. The number of amides is 3. The molecule has 0 aliphatic carbocycles. The summed E-state index contributed by atoms with van der Waals surface area (Å²) in [5.74, 6) is -1.38. The van der Waals surface area contributed by atoms with E-state index in [9.17, 15) is 27.6 Å². The zero-order valence-electron chi connectivity index (χ0n) is 13.7. The third-order valence-corrected chi connectivity index (χ3v) is 4.32. The molecule has 3 rings (SSSR count). The van der Waals surface area contributed by atoms with Crippen molar-refractivity contribution in [1.82, 2.24) is 15.1 Å². The minimum absolute atomic E-state index is 0.0317. The SMILES string of the molecule is C[C@H]1NC(=O)[C@H]2CN(C(=O)c3ccc(OC(F)(F)F)cc3)CCN2C1=O. The van der Waals surface area contributed by atoms with E-state index in [1.807, 2.05) is 0 Å². The highest BCUT2D eigenvalue weighted by atomic mass is 19.4. The Kier molecular flexibility index (Phi) is 4.51. The van der Waals surface area contributed by atoms with Crippen molar-refractivity contribution in [2.75, 3.05) is 19.6 Å². The number of alkyl halides is 3. The lowest BCUT2D eigenvalue weighted by Gasteiger charge is -2.44. The van der Waals surface area contributed by atoms with E-state index in [4.69, 9.17) is 0 Å². The summed E-state index contributed by atoms with van der Waals surface area (Å²) < 4.78 is 40.3. The summed E-state index contributed by atoms with van der Waals surface area (Å²) in [6, 6.07) is 3.20. The van der Waals surface area contributed by atoms with Crippen molar-refractivity contribution in [3.8, 4) is 5.75 Å². The molecule has 26 heavy (non-hydrogen) atoms. The van der Waals surface area contributed by atoms with E-state index in [-0.39, 0.29) is 37.0 Å². The van der Waals surface area contributed by atoms with Crippen LogP contribution in [-0.4, -0.2) is 65.6 Å². The van der Waals surface area contributed by atoms with Gasteiger partial charge >= 0.3 is 6.36 Å². The minimum Gasteiger partial charge on any atom is -0.406 e. The number of hydrogen-bond acceptors (Lipinski definition) is 4. The maximum absolute atomic E-state index is 12.6. The molecule has 2 aliphatic heterocycles. The van der Waals surface area contributed by atoms with Crippen LogP contribution >= 0.6 is 0 Å². The molecule has 1 N–H and O–H groups in total. The van der Waals surface area contributed by atoms with Crippen LogP contribution in [-0.2, 0) is 9.59 Å². The molecule has 0 radical (unpaired) electrons. The first kappa shape index (κ1) is 18.0. The monoisotopic (exact) mass is 371 g/mol. The minimum atomic E-state index is -4.81. The van der Waals surface area contributed by atoms with Crippen LogP contribution in [0, 0.1) is 0 Å². The van der Waals surface area contributed by atoms with Gasteiger partial charge in [0, 0.05) is 18.7 Å². The Balaban J connectivity index is 1.69. The summed E-state index contributed by atoms with van der Waals surface area (Å²) in [5, 5.41) is 2.57. The molecule has 2 saturated heterocycles. The summed E-state index contributed by atoms with van der Waals surface area (Å²) >= 11 is 0. The van der Waals surface area contributed by atoms with Gasteiger partial charge in [0.2, 0.25) is 11.8 Å². The highest BCUT2D eigenvalue weighted by molar-refractivity contribution is 5.99. The highest BCUT2D eigenvalue weighted by Crippen LogP contribution is 2.24. The van der Waals surface area contributed by atoms with Crippen LogP contribution in [0.5, 0.6) is 5.75 Å². The van der Waals surface area contributed by atoms with Gasteiger partial charge in [-0.1, -0.05) is 0 Å². The van der Waals surface area contributed by atoms with Gasteiger partial charge in [-0.2, -0.15) is 0 Å². The van der Waals surface area contributed by atoms with Gasteiger partial charge in [-0.15, -0.1) is 13.2 Å². The molecule has 0 bridgehead atoms. The van der Waals surface area contributed by atoms with E-state index in [1.54, 1.807) is 6.92 Å².